The van der Waals surface area contributed by atoms with Crippen molar-refractivity contribution in [1.82, 2.24) is 25.4 Å². The van der Waals surface area contributed by atoms with Crippen molar-refractivity contribution in [1.29, 1.82) is 0 Å². The topological polar surface area (TPSA) is 67.1 Å². The van der Waals surface area contributed by atoms with E-state index in [4.69, 9.17) is 0 Å². The lowest BCUT2D eigenvalue weighted by Gasteiger charge is -2.11. The first-order valence-electron chi connectivity index (χ1n) is 6.53. The van der Waals surface area contributed by atoms with Crippen LogP contribution in [0.25, 0.3) is 0 Å². The number of pyridine rings is 1. The molecule has 0 radical (unpaired) electrons. The van der Waals surface area contributed by atoms with Gasteiger partial charge in [-0.1, -0.05) is 6.07 Å². The molecule has 21 heavy (non-hydrogen) atoms. The molecule has 6 nitrogen and oxygen atoms in total. The second kappa shape index (κ2) is 8.60. The molecule has 0 amide bonds. The van der Waals surface area contributed by atoms with Gasteiger partial charge in [-0.25, -0.2) is 0 Å². The van der Waals surface area contributed by atoms with Crippen molar-refractivity contribution in [2.45, 2.75) is 20.0 Å². The third-order valence-electron chi connectivity index (χ3n) is 2.97. The maximum Gasteiger partial charge on any atom is 0.191 e. The lowest BCUT2D eigenvalue weighted by Crippen LogP contribution is -2.36. The van der Waals surface area contributed by atoms with Crippen molar-refractivity contribution in [3.05, 3.63) is 47.5 Å². The molecule has 0 bridgehead atoms. The van der Waals surface area contributed by atoms with Gasteiger partial charge in [0.25, 0.3) is 0 Å². The number of nitrogens with zero attached hydrogens (tertiary/aromatic N) is 4. The number of hydrogen-bond donors (Lipinski definition) is 2. The van der Waals surface area contributed by atoms with E-state index in [-0.39, 0.29) is 24.0 Å². The Bertz CT molecular complexity index is 593. The third-order valence-corrected chi connectivity index (χ3v) is 2.97. The van der Waals surface area contributed by atoms with Crippen LogP contribution in [0.1, 0.15) is 17.1 Å². The van der Waals surface area contributed by atoms with Crippen LogP contribution in [-0.4, -0.2) is 27.8 Å². The number of aryl methyl sites for hydroxylation is 2. The average Bonchev–Trinajstić information content (AvgIpc) is 2.85. The Morgan fingerprint density at radius 1 is 1.24 bits per heavy atom. The maximum absolute atomic E-state index is 4.44. The van der Waals surface area contributed by atoms with Crippen LogP contribution in [-0.2, 0) is 20.1 Å². The number of aliphatic imine (C=N–C) groups is 1. The zero-order valence-corrected chi connectivity index (χ0v) is 14.8. The van der Waals surface area contributed by atoms with E-state index >= 15 is 0 Å². The molecule has 2 rings (SSSR count). The highest BCUT2D eigenvalue weighted by Crippen LogP contribution is 1.98. The van der Waals surface area contributed by atoms with Crippen LogP contribution >= 0.6 is 24.0 Å². The quantitative estimate of drug-likeness (QED) is 0.465. The summed E-state index contributed by atoms with van der Waals surface area (Å²) in [6, 6.07) is 7.96. The van der Waals surface area contributed by atoms with Crippen molar-refractivity contribution < 1.29 is 0 Å². The Kier molecular flexibility index (Phi) is 7.13. The number of aromatic nitrogens is 3. The smallest absolute Gasteiger partial charge is 0.191 e. The van der Waals surface area contributed by atoms with E-state index in [1.54, 1.807) is 13.2 Å². The lowest BCUT2D eigenvalue weighted by atomic mass is 10.3. The van der Waals surface area contributed by atoms with Crippen molar-refractivity contribution in [3.8, 4) is 0 Å². The van der Waals surface area contributed by atoms with Gasteiger partial charge in [-0.3, -0.25) is 14.7 Å². The molecule has 2 N–H and O–H groups in total. The zero-order chi connectivity index (χ0) is 14.4. The van der Waals surface area contributed by atoms with Crippen molar-refractivity contribution in [2.24, 2.45) is 12.0 Å². The molecule has 2 aromatic rings. The fourth-order valence-electron chi connectivity index (χ4n) is 1.84. The summed E-state index contributed by atoms with van der Waals surface area (Å²) < 4.78 is 1.84. The van der Waals surface area contributed by atoms with Crippen LogP contribution < -0.4 is 10.6 Å². The standard InChI is InChI=1S/C14H20N6.HI/c1-11-5-4-6-12(19-11)9-16-14(15-2)17-10-13-7-8-18-20(13)3;/h4-8H,9-10H2,1-3H3,(H2,15,16,17);1H. The van der Waals surface area contributed by atoms with E-state index in [0.717, 1.165) is 23.0 Å². The van der Waals surface area contributed by atoms with E-state index in [0.29, 0.717) is 13.1 Å². The van der Waals surface area contributed by atoms with Gasteiger partial charge in [-0.05, 0) is 25.1 Å². The first kappa shape index (κ1) is 17.4. The molecule has 0 aliphatic heterocycles. The van der Waals surface area contributed by atoms with Crippen molar-refractivity contribution >= 4 is 29.9 Å². The van der Waals surface area contributed by atoms with E-state index in [1.807, 2.05) is 42.9 Å². The summed E-state index contributed by atoms with van der Waals surface area (Å²) in [5, 5.41) is 10.6. The molecule has 0 saturated carbocycles. The van der Waals surface area contributed by atoms with Crippen LogP contribution in [0.4, 0.5) is 0 Å². The van der Waals surface area contributed by atoms with Crippen molar-refractivity contribution in [2.75, 3.05) is 7.05 Å². The molecule has 0 atom stereocenters. The lowest BCUT2D eigenvalue weighted by molar-refractivity contribution is 0.683. The van der Waals surface area contributed by atoms with Gasteiger partial charge in [0.15, 0.2) is 5.96 Å². The molecule has 0 aliphatic rings. The summed E-state index contributed by atoms with van der Waals surface area (Å²) >= 11 is 0. The Hall–Kier alpha value is -1.64. The Balaban J connectivity index is 0.00000220. The van der Waals surface area contributed by atoms with Crippen molar-refractivity contribution in [3.63, 3.8) is 0 Å². The SMILES string of the molecule is CN=C(NCc1cccc(C)n1)NCc1ccnn1C.I. The highest BCUT2D eigenvalue weighted by Gasteiger charge is 2.02. The van der Waals surface area contributed by atoms with Gasteiger partial charge in [0.05, 0.1) is 24.5 Å². The monoisotopic (exact) mass is 400 g/mol. The van der Waals surface area contributed by atoms with Crippen LogP contribution in [0.15, 0.2) is 35.5 Å². The average molecular weight is 400 g/mol. The third kappa shape index (κ3) is 5.33. The summed E-state index contributed by atoms with van der Waals surface area (Å²) in [6.45, 7) is 3.31. The predicted octanol–water partition coefficient (Wildman–Crippen LogP) is 1.61. The Labute approximate surface area is 142 Å². The Morgan fingerprint density at radius 2 is 2.00 bits per heavy atom. The summed E-state index contributed by atoms with van der Waals surface area (Å²) in [5.74, 6) is 0.745. The highest BCUT2D eigenvalue weighted by molar-refractivity contribution is 14.0. The number of hydrogen-bond acceptors (Lipinski definition) is 3. The van der Waals surface area contributed by atoms with Crippen LogP contribution in [0, 0.1) is 6.92 Å². The molecule has 2 aromatic heterocycles. The molecule has 0 unspecified atom stereocenters. The number of guanidine groups is 1. The van der Waals surface area contributed by atoms with Crippen LogP contribution in [0.5, 0.6) is 0 Å². The molecular weight excluding hydrogens is 379 g/mol. The molecule has 0 aromatic carbocycles. The van der Waals surface area contributed by atoms with Gasteiger partial charge < -0.3 is 10.6 Å². The van der Waals surface area contributed by atoms with E-state index in [9.17, 15) is 0 Å². The molecule has 0 spiro atoms. The second-order valence-corrected chi connectivity index (χ2v) is 4.50. The van der Waals surface area contributed by atoms with Crippen LogP contribution in [0.2, 0.25) is 0 Å². The number of nitrogens with one attached hydrogen (secondary N) is 2. The predicted molar refractivity (Wildman–Crippen MR) is 94.6 cm³/mol. The fourth-order valence-corrected chi connectivity index (χ4v) is 1.84. The molecule has 114 valence electrons. The van der Waals surface area contributed by atoms with Gasteiger partial charge in [-0.2, -0.15) is 5.10 Å². The summed E-state index contributed by atoms with van der Waals surface area (Å²) in [5.41, 5.74) is 3.11. The molecule has 0 fully saturated rings. The van der Waals surface area contributed by atoms with Gasteiger partial charge >= 0.3 is 0 Å². The van der Waals surface area contributed by atoms with Gasteiger partial charge in [0, 0.05) is 26.0 Å². The molecule has 2 heterocycles. The minimum Gasteiger partial charge on any atom is -0.351 e. The summed E-state index contributed by atoms with van der Waals surface area (Å²) in [7, 11) is 3.67. The largest absolute Gasteiger partial charge is 0.351 e. The van der Waals surface area contributed by atoms with Crippen LogP contribution in [0.3, 0.4) is 0 Å². The summed E-state index contributed by atoms with van der Waals surface area (Å²) in [6.07, 6.45) is 1.78. The minimum absolute atomic E-state index is 0. The number of halogens is 1. The molecular formula is C14H21IN6. The normalized spacial score (nSPS) is 10.9. The first-order valence-corrected chi connectivity index (χ1v) is 6.53. The highest BCUT2D eigenvalue weighted by atomic mass is 127. The minimum atomic E-state index is 0. The first-order chi connectivity index (χ1) is 9.69. The summed E-state index contributed by atoms with van der Waals surface area (Å²) in [4.78, 5) is 8.64. The maximum atomic E-state index is 4.44. The van der Waals surface area contributed by atoms with Gasteiger partial charge in [0.1, 0.15) is 0 Å². The fraction of sp³-hybridized carbons (Fsp3) is 0.357. The van der Waals surface area contributed by atoms with E-state index < -0.39 is 0 Å². The van der Waals surface area contributed by atoms with E-state index in [1.165, 1.54) is 0 Å². The Morgan fingerprint density at radius 3 is 2.62 bits per heavy atom. The van der Waals surface area contributed by atoms with Gasteiger partial charge in [-0.15, -0.1) is 24.0 Å². The molecule has 0 aliphatic carbocycles. The zero-order valence-electron chi connectivity index (χ0n) is 12.5. The van der Waals surface area contributed by atoms with Gasteiger partial charge in [0.2, 0.25) is 0 Å². The second-order valence-electron chi connectivity index (χ2n) is 4.50. The molecule has 7 heteroatoms. The molecule has 0 saturated heterocycles. The number of rotatable bonds is 4. The van der Waals surface area contributed by atoms with E-state index in [2.05, 4.69) is 25.7 Å².